The van der Waals surface area contributed by atoms with Crippen molar-refractivity contribution in [2.24, 2.45) is 0 Å². The van der Waals surface area contributed by atoms with E-state index < -0.39 is 0 Å². The molecule has 2 aromatic rings. The minimum Gasteiger partial charge on any atom is -0.385 e. The van der Waals surface area contributed by atoms with E-state index in [1.165, 1.54) is 0 Å². The van der Waals surface area contributed by atoms with E-state index in [1.807, 2.05) is 18.2 Å². The number of halogens is 1. The molecule has 0 bridgehead atoms. The van der Waals surface area contributed by atoms with Gasteiger partial charge in [0.25, 0.3) is 0 Å². The van der Waals surface area contributed by atoms with Gasteiger partial charge >= 0.3 is 0 Å². The molecule has 2 rings (SSSR count). The Morgan fingerprint density at radius 1 is 1.50 bits per heavy atom. The number of nitrogens with zero attached hydrogens (tertiary/aromatic N) is 1. The summed E-state index contributed by atoms with van der Waals surface area (Å²) in [5.74, 6) is 0. The molecule has 0 saturated heterocycles. The molecule has 1 aromatic carbocycles. The van der Waals surface area contributed by atoms with Gasteiger partial charge in [-0.05, 0) is 24.6 Å². The van der Waals surface area contributed by atoms with Gasteiger partial charge in [-0.3, -0.25) is 0 Å². The number of anilines is 1. The first-order valence-corrected chi connectivity index (χ1v) is 6.28. The Morgan fingerprint density at radius 3 is 3.19 bits per heavy atom. The molecule has 16 heavy (non-hydrogen) atoms. The van der Waals surface area contributed by atoms with Crippen molar-refractivity contribution in [3.8, 4) is 0 Å². The smallest absolute Gasteiger partial charge is 0.183 e. The summed E-state index contributed by atoms with van der Waals surface area (Å²) in [7, 11) is 1.71. The summed E-state index contributed by atoms with van der Waals surface area (Å²) in [6.07, 6.45) is 0.979. The fourth-order valence-electron chi connectivity index (χ4n) is 1.39. The normalized spacial score (nSPS) is 10.9. The van der Waals surface area contributed by atoms with Crippen LogP contribution in [0.1, 0.15) is 6.42 Å². The minimum atomic E-state index is 0.752. The lowest BCUT2D eigenvalue weighted by molar-refractivity contribution is 0.198. The van der Waals surface area contributed by atoms with Crippen LogP contribution in [0.3, 0.4) is 0 Å². The Kier molecular flexibility index (Phi) is 3.98. The second-order valence-corrected chi connectivity index (χ2v) is 4.87. The van der Waals surface area contributed by atoms with Crippen LogP contribution in [-0.4, -0.2) is 25.2 Å². The number of rotatable bonds is 5. The van der Waals surface area contributed by atoms with Gasteiger partial charge in [-0.25, -0.2) is 4.98 Å². The van der Waals surface area contributed by atoms with E-state index in [1.54, 1.807) is 18.4 Å². The quantitative estimate of drug-likeness (QED) is 0.833. The van der Waals surface area contributed by atoms with E-state index in [0.29, 0.717) is 0 Å². The van der Waals surface area contributed by atoms with Crippen LogP contribution in [0.5, 0.6) is 0 Å². The van der Waals surface area contributed by atoms with Gasteiger partial charge in [0, 0.05) is 25.3 Å². The second kappa shape index (κ2) is 5.48. The molecule has 0 aliphatic heterocycles. The molecule has 0 amide bonds. The summed E-state index contributed by atoms with van der Waals surface area (Å²) in [4.78, 5) is 4.46. The Hall–Kier alpha value is -0.840. The van der Waals surface area contributed by atoms with Crippen molar-refractivity contribution < 1.29 is 4.74 Å². The summed E-state index contributed by atoms with van der Waals surface area (Å²) in [5, 5.41) is 4.96. The highest BCUT2D eigenvalue weighted by atomic mass is 35.5. The molecule has 1 aromatic heterocycles. The summed E-state index contributed by atoms with van der Waals surface area (Å²) >= 11 is 7.54. The maximum atomic E-state index is 5.92. The highest BCUT2D eigenvalue weighted by Gasteiger charge is 2.03. The Labute approximate surface area is 103 Å². The number of aromatic nitrogens is 1. The highest BCUT2D eigenvalue weighted by molar-refractivity contribution is 7.22. The number of hydrogen-bond acceptors (Lipinski definition) is 4. The molecule has 5 heteroatoms. The lowest BCUT2D eigenvalue weighted by Gasteiger charge is -2.00. The van der Waals surface area contributed by atoms with Gasteiger partial charge in [-0.1, -0.05) is 22.9 Å². The third-order valence-corrected chi connectivity index (χ3v) is 3.36. The molecule has 0 aliphatic rings. The van der Waals surface area contributed by atoms with Crippen molar-refractivity contribution in [2.45, 2.75) is 6.42 Å². The molecule has 1 heterocycles. The number of ether oxygens (including phenoxy) is 1. The maximum absolute atomic E-state index is 5.92. The zero-order chi connectivity index (χ0) is 11.4. The topological polar surface area (TPSA) is 34.1 Å². The molecule has 1 N–H and O–H groups in total. The molecular weight excluding hydrogens is 244 g/mol. The standard InChI is InChI=1S/C11H13ClN2OS/c1-15-6-2-5-13-11-14-9-4-3-8(12)7-10(9)16-11/h3-4,7H,2,5-6H2,1H3,(H,13,14). The highest BCUT2D eigenvalue weighted by Crippen LogP contribution is 2.28. The average molecular weight is 257 g/mol. The van der Waals surface area contributed by atoms with E-state index in [2.05, 4.69) is 10.3 Å². The van der Waals surface area contributed by atoms with Gasteiger partial charge in [-0.2, -0.15) is 0 Å². The van der Waals surface area contributed by atoms with Crippen LogP contribution in [0, 0.1) is 0 Å². The predicted molar refractivity (Wildman–Crippen MR) is 69.6 cm³/mol. The van der Waals surface area contributed by atoms with Crippen LogP contribution in [0.25, 0.3) is 10.2 Å². The Bertz CT molecular complexity index is 472. The number of benzene rings is 1. The molecule has 86 valence electrons. The van der Waals surface area contributed by atoms with Crippen molar-refractivity contribution in [3.63, 3.8) is 0 Å². The molecule has 0 radical (unpaired) electrons. The molecule has 0 fully saturated rings. The van der Waals surface area contributed by atoms with Gasteiger partial charge < -0.3 is 10.1 Å². The van der Waals surface area contributed by atoms with Gasteiger partial charge in [-0.15, -0.1) is 0 Å². The molecule has 0 unspecified atom stereocenters. The van der Waals surface area contributed by atoms with E-state index in [9.17, 15) is 0 Å². The lowest BCUT2D eigenvalue weighted by Crippen LogP contribution is -2.03. The molecule has 3 nitrogen and oxygen atoms in total. The largest absolute Gasteiger partial charge is 0.385 e. The lowest BCUT2D eigenvalue weighted by atomic mass is 10.3. The van der Waals surface area contributed by atoms with Gasteiger partial charge in [0.05, 0.1) is 10.2 Å². The van der Waals surface area contributed by atoms with Crippen molar-refractivity contribution in [1.82, 2.24) is 4.98 Å². The summed E-state index contributed by atoms with van der Waals surface area (Å²) in [6.45, 7) is 1.64. The van der Waals surface area contributed by atoms with Crippen molar-refractivity contribution in [2.75, 3.05) is 25.6 Å². The third-order valence-electron chi connectivity index (χ3n) is 2.15. The molecular formula is C11H13ClN2OS. The SMILES string of the molecule is COCCCNc1nc2ccc(Cl)cc2s1. The number of hydrogen-bond donors (Lipinski definition) is 1. The zero-order valence-electron chi connectivity index (χ0n) is 9.00. The summed E-state index contributed by atoms with van der Waals surface area (Å²) in [5.41, 5.74) is 0.989. The summed E-state index contributed by atoms with van der Waals surface area (Å²) < 4.78 is 6.09. The zero-order valence-corrected chi connectivity index (χ0v) is 10.6. The molecule has 0 saturated carbocycles. The molecule has 0 spiro atoms. The second-order valence-electron chi connectivity index (χ2n) is 3.40. The Balaban J connectivity index is 2.02. The van der Waals surface area contributed by atoms with Crippen LogP contribution < -0.4 is 5.32 Å². The number of fused-ring (bicyclic) bond motifs is 1. The van der Waals surface area contributed by atoms with Crippen LogP contribution in [0.4, 0.5) is 5.13 Å². The third kappa shape index (κ3) is 2.84. The van der Waals surface area contributed by atoms with Crippen LogP contribution in [0.2, 0.25) is 5.02 Å². The van der Waals surface area contributed by atoms with Gasteiger partial charge in [0.15, 0.2) is 5.13 Å². The van der Waals surface area contributed by atoms with E-state index in [-0.39, 0.29) is 0 Å². The number of thiazole rings is 1. The number of nitrogens with one attached hydrogen (secondary N) is 1. The van der Waals surface area contributed by atoms with Crippen molar-refractivity contribution in [1.29, 1.82) is 0 Å². The van der Waals surface area contributed by atoms with E-state index in [0.717, 1.165) is 39.9 Å². The molecule has 0 aliphatic carbocycles. The van der Waals surface area contributed by atoms with Gasteiger partial charge in [0.1, 0.15) is 0 Å². The fourth-order valence-corrected chi connectivity index (χ4v) is 2.55. The average Bonchev–Trinajstić information content (AvgIpc) is 2.66. The molecule has 0 atom stereocenters. The first-order chi connectivity index (χ1) is 7.79. The van der Waals surface area contributed by atoms with Gasteiger partial charge in [0.2, 0.25) is 0 Å². The van der Waals surface area contributed by atoms with Crippen molar-refractivity contribution in [3.05, 3.63) is 23.2 Å². The first-order valence-electron chi connectivity index (χ1n) is 5.08. The fraction of sp³-hybridized carbons (Fsp3) is 0.364. The number of methoxy groups -OCH3 is 1. The monoisotopic (exact) mass is 256 g/mol. The van der Waals surface area contributed by atoms with Crippen LogP contribution in [-0.2, 0) is 4.74 Å². The van der Waals surface area contributed by atoms with Crippen molar-refractivity contribution >= 4 is 38.3 Å². The van der Waals surface area contributed by atoms with E-state index in [4.69, 9.17) is 16.3 Å². The maximum Gasteiger partial charge on any atom is 0.183 e. The first kappa shape index (κ1) is 11.6. The Morgan fingerprint density at radius 2 is 2.38 bits per heavy atom. The van der Waals surface area contributed by atoms with Crippen LogP contribution >= 0.6 is 22.9 Å². The predicted octanol–water partition coefficient (Wildman–Crippen LogP) is 3.40. The van der Waals surface area contributed by atoms with Crippen LogP contribution in [0.15, 0.2) is 18.2 Å². The minimum absolute atomic E-state index is 0.752. The van der Waals surface area contributed by atoms with E-state index >= 15 is 0 Å². The summed E-state index contributed by atoms with van der Waals surface area (Å²) in [6, 6.07) is 5.74.